The minimum absolute atomic E-state index is 0.131. The number of carbonyl (C=O) groups is 2. The number of non-ortho nitro benzene ring substituents is 1. The summed E-state index contributed by atoms with van der Waals surface area (Å²) in [5.74, 6) is -1.12. The molecule has 8 nitrogen and oxygen atoms in total. The molecule has 0 aliphatic heterocycles. The molecule has 0 heterocycles. The van der Waals surface area contributed by atoms with Crippen molar-refractivity contribution in [1.29, 1.82) is 0 Å². The first-order chi connectivity index (χ1) is 11.0. The summed E-state index contributed by atoms with van der Waals surface area (Å²) in [7, 11) is 1.32. The van der Waals surface area contributed by atoms with Gasteiger partial charge in [-0.1, -0.05) is 18.2 Å². The van der Waals surface area contributed by atoms with E-state index in [1.165, 1.54) is 37.5 Å². The van der Waals surface area contributed by atoms with Gasteiger partial charge in [-0.25, -0.2) is 4.79 Å². The number of hydrogen-bond acceptors (Lipinski definition) is 6. The zero-order valence-electron chi connectivity index (χ0n) is 12.6. The Kier molecular flexibility index (Phi) is 6.99. The predicted octanol–water partition coefficient (Wildman–Crippen LogP) is 2.22. The highest BCUT2D eigenvalue weighted by Gasteiger charge is 2.14. The molecule has 0 aliphatic carbocycles. The molecule has 1 aromatic carbocycles. The summed E-state index contributed by atoms with van der Waals surface area (Å²) in [6, 6.07) is 3.74. The molecule has 0 fully saturated rings. The van der Waals surface area contributed by atoms with Gasteiger partial charge in [-0.15, -0.1) is 0 Å². The van der Waals surface area contributed by atoms with Crippen molar-refractivity contribution in [3.8, 4) is 5.75 Å². The average molecular weight is 320 g/mol. The standard InChI is InChI=1S/C15H16N2O6/c1-3-4-5-6-15(19)23-10-14(18)16-12-8-7-11(17(20)21)9-13(12)22-2/h3-9H,10H2,1-2H3,(H,16,18)/b4-3+,6-5+. The van der Waals surface area contributed by atoms with Crippen LogP contribution < -0.4 is 10.1 Å². The van der Waals surface area contributed by atoms with E-state index in [0.29, 0.717) is 0 Å². The quantitative estimate of drug-likeness (QED) is 0.271. The van der Waals surface area contributed by atoms with Gasteiger partial charge in [-0.2, -0.15) is 0 Å². The Balaban J connectivity index is 2.63. The lowest BCUT2D eigenvalue weighted by Gasteiger charge is -2.09. The minimum atomic E-state index is -0.658. The zero-order valence-corrected chi connectivity index (χ0v) is 12.6. The zero-order chi connectivity index (χ0) is 17.2. The van der Waals surface area contributed by atoms with E-state index in [4.69, 9.17) is 9.47 Å². The number of amides is 1. The van der Waals surface area contributed by atoms with Crippen molar-refractivity contribution in [1.82, 2.24) is 0 Å². The molecule has 0 aliphatic rings. The van der Waals surface area contributed by atoms with Gasteiger partial charge in [0.25, 0.3) is 11.6 Å². The molecular formula is C15H16N2O6. The second-order valence-electron chi connectivity index (χ2n) is 4.18. The summed E-state index contributed by atoms with van der Waals surface area (Å²) in [6.45, 7) is 1.31. The Morgan fingerprint density at radius 2 is 2.09 bits per heavy atom. The second-order valence-corrected chi connectivity index (χ2v) is 4.18. The van der Waals surface area contributed by atoms with E-state index in [9.17, 15) is 19.7 Å². The number of nitro benzene ring substituents is 1. The van der Waals surface area contributed by atoms with E-state index in [1.807, 2.05) is 0 Å². The summed E-state index contributed by atoms with van der Waals surface area (Å²) in [5.41, 5.74) is 0.0731. The number of nitrogens with one attached hydrogen (secondary N) is 1. The smallest absolute Gasteiger partial charge is 0.331 e. The highest BCUT2D eigenvalue weighted by atomic mass is 16.6. The van der Waals surface area contributed by atoms with Crippen molar-refractivity contribution in [2.24, 2.45) is 0 Å². The van der Waals surface area contributed by atoms with Crippen LogP contribution >= 0.6 is 0 Å². The Morgan fingerprint density at radius 3 is 2.70 bits per heavy atom. The number of esters is 1. The molecule has 1 rings (SSSR count). The van der Waals surface area contributed by atoms with Crippen molar-refractivity contribution in [3.63, 3.8) is 0 Å². The SMILES string of the molecule is C/C=C/C=C/C(=O)OCC(=O)Nc1ccc([N+](=O)[O-])cc1OC. The molecule has 0 spiro atoms. The molecule has 0 bridgehead atoms. The van der Waals surface area contributed by atoms with E-state index in [2.05, 4.69) is 5.32 Å². The molecule has 0 unspecified atom stereocenters. The molecule has 1 amide bonds. The highest BCUT2D eigenvalue weighted by molar-refractivity contribution is 5.95. The van der Waals surface area contributed by atoms with Crippen LogP contribution in [0.4, 0.5) is 11.4 Å². The Morgan fingerprint density at radius 1 is 1.35 bits per heavy atom. The van der Waals surface area contributed by atoms with Crippen LogP contribution in [-0.2, 0) is 14.3 Å². The Bertz CT molecular complexity index is 651. The maximum absolute atomic E-state index is 11.7. The number of anilines is 1. The lowest BCUT2D eigenvalue weighted by molar-refractivity contribution is -0.384. The summed E-state index contributed by atoms with van der Waals surface area (Å²) < 4.78 is 9.72. The topological polar surface area (TPSA) is 108 Å². The summed E-state index contributed by atoms with van der Waals surface area (Å²) >= 11 is 0. The molecule has 0 saturated heterocycles. The third-order valence-corrected chi connectivity index (χ3v) is 2.55. The minimum Gasteiger partial charge on any atom is -0.494 e. The van der Waals surface area contributed by atoms with Crippen molar-refractivity contribution in [3.05, 3.63) is 52.6 Å². The van der Waals surface area contributed by atoms with Crippen LogP contribution in [0.5, 0.6) is 5.75 Å². The largest absolute Gasteiger partial charge is 0.494 e. The normalized spacial score (nSPS) is 10.7. The van der Waals surface area contributed by atoms with Crippen LogP contribution in [0.2, 0.25) is 0 Å². The van der Waals surface area contributed by atoms with E-state index in [0.717, 1.165) is 0 Å². The fourth-order valence-corrected chi connectivity index (χ4v) is 1.51. The number of allylic oxidation sites excluding steroid dienone is 3. The monoisotopic (exact) mass is 320 g/mol. The molecule has 0 aromatic heterocycles. The van der Waals surface area contributed by atoms with E-state index < -0.39 is 23.4 Å². The number of nitro groups is 1. The molecule has 122 valence electrons. The summed E-state index contributed by atoms with van der Waals surface area (Å²) in [4.78, 5) is 33.1. The molecule has 0 radical (unpaired) electrons. The van der Waals surface area contributed by atoms with Gasteiger partial charge >= 0.3 is 5.97 Å². The third-order valence-electron chi connectivity index (χ3n) is 2.55. The molecule has 1 N–H and O–H groups in total. The number of benzene rings is 1. The molecule has 0 saturated carbocycles. The second kappa shape index (κ2) is 8.98. The van der Waals surface area contributed by atoms with Crippen LogP contribution in [0.3, 0.4) is 0 Å². The van der Waals surface area contributed by atoms with Crippen molar-refractivity contribution < 1.29 is 24.0 Å². The van der Waals surface area contributed by atoms with E-state index >= 15 is 0 Å². The first-order valence-corrected chi connectivity index (χ1v) is 6.56. The van der Waals surface area contributed by atoms with Gasteiger partial charge in [-0.3, -0.25) is 14.9 Å². The first kappa shape index (κ1) is 17.9. The lowest BCUT2D eigenvalue weighted by Crippen LogP contribution is -2.20. The fraction of sp³-hybridized carbons (Fsp3) is 0.200. The molecule has 8 heteroatoms. The summed E-state index contributed by atoms with van der Waals surface area (Å²) in [6.07, 6.45) is 6.04. The van der Waals surface area contributed by atoms with Crippen molar-refractivity contribution >= 4 is 23.3 Å². The molecule has 23 heavy (non-hydrogen) atoms. The van der Waals surface area contributed by atoms with Crippen LogP contribution in [-0.4, -0.2) is 30.5 Å². The van der Waals surface area contributed by atoms with E-state index in [-0.39, 0.29) is 17.1 Å². The van der Waals surface area contributed by atoms with Crippen LogP contribution in [0.15, 0.2) is 42.5 Å². The van der Waals surface area contributed by atoms with Gasteiger partial charge < -0.3 is 14.8 Å². The summed E-state index contributed by atoms with van der Waals surface area (Å²) in [5, 5.41) is 13.1. The maximum Gasteiger partial charge on any atom is 0.331 e. The van der Waals surface area contributed by atoms with Crippen molar-refractivity contribution in [2.45, 2.75) is 6.92 Å². The van der Waals surface area contributed by atoms with Gasteiger partial charge in [0.15, 0.2) is 6.61 Å². The molecule has 1 aromatic rings. The highest BCUT2D eigenvalue weighted by Crippen LogP contribution is 2.28. The third kappa shape index (κ3) is 6.00. The van der Waals surface area contributed by atoms with Crippen LogP contribution in [0, 0.1) is 10.1 Å². The predicted molar refractivity (Wildman–Crippen MR) is 83.2 cm³/mol. The lowest BCUT2D eigenvalue weighted by atomic mass is 10.2. The van der Waals surface area contributed by atoms with Gasteiger partial charge in [0.1, 0.15) is 5.75 Å². The fourth-order valence-electron chi connectivity index (χ4n) is 1.51. The number of rotatable bonds is 7. The maximum atomic E-state index is 11.7. The van der Waals surface area contributed by atoms with Crippen LogP contribution in [0.25, 0.3) is 0 Å². The Labute approximate surface area is 132 Å². The molecular weight excluding hydrogens is 304 g/mol. The number of hydrogen-bond donors (Lipinski definition) is 1. The molecule has 0 atom stereocenters. The number of carbonyl (C=O) groups excluding carboxylic acids is 2. The van der Waals surface area contributed by atoms with Gasteiger partial charge in [-0.05, 0) is 13.0 Å². The van der Waals surface area contributed by atoms with E-state index in [1.54, 1.807) is 19.1 Å². The van der Waals surface area contributed by atoms with Gasteiger partial charge in [0.05, 0.1) is 23.8 Å². The first-order valence-electron chi connectivity index (χ1n) is 6.56. The van der Waals surface area contributed by atoms with Crippen LogP contribution in [0.1, 0.15) is 6.92 Å². The van der Waals surface area contributed by atoms with Crippen molar-refractivity contribution in [2.75, 3.05) is 19.0 Å². The van der Waals surface area contributed by atoms with Gasteiger partial charge in [0, 0.05) is 12.1 Å². The number of ether oxygens (including phenoxy) is 2. The Hall–Kier alpha value is -3.16. The number of methoxy groups -OCH3 is 1. The number of nitrogens with zero attached hydrogens (tertiary/aromatic N) is 1. The van der Waals surface area contributed by atoms with Gasteiger partial charge in [0.2, 0.25) is 0 Å². The average Bonchev–Trinajstić information content (AvgIpc) is 2.53.